The van der Waals surface area contributed by atoms with Gasteiger partial charge in [-0.05, 0) is 69.0 Å². The fourth-order valence-corrected chi connectivity index (χ4v) is 4.79. The first-order chi connectivity index (χ1) is 14.8. The molecule has 2 aromatic rings. The van der Waals surface area contributed by atoms with Crippen LogP contribution < -0.4 is 0 Å². The molecule has 1 aliphatic carbocycles. The molecule has 2 nitrogen and oxygen atoms in total. The van der Waals surface area contributed by atoms with Crippen molar-refractivity contribution in [2.75, 3.05) is 19.6 Å². The number of hydrogen-bond acceptors (Lipinski definition) is 2. The minimum Gasteiger partial charge on any atom is -0.300 e. The third-order valence-corrected chi connectivity index (χ3v) is 6.64. The van der Waals surface area contributed by atoms with Crippen LogP contribution in [0.5, 0.6) is 0 Å². The normalized spacial score (nSPS) is 19.0. The van der Waals surface area contributed by atoms with Crippen LogP contribution in [0.3, 0.4) is 0 Å². The SMILES string of the molecule is Cc1ccc(/C(=C\CN2CCCC2)c2cccc(/C=C/CC3CCCCC3)n2)cc1. The molecule has 1 saturated carbocycles. The Morgan fingerprint density at radius 2 is 1.73 bits per heavy atom. The Balaban J connectivity index is 1.52. The van der Waals surface area contributed by atoms with E-state index in [9.17, 15) is 0 Å². The van der Waals surface area contributed by atoms with Crippen LogP contribution in [0.2, 0.25) is 0 Å². The molecule has 30 heavy (non-hydrogen) atoms. The lowest BCUT2D eigenvalue weighted by Crippen LogP contribution is -2.19. The first-order valence-electron chi connectivity index (χ1n) is 11.9. The lowest BCUT2D eigenvalue weighted by molar-refractivity contribution is 0.362. The number of hydrogen-bond donors (Lipinski definition) is 0. The summed E-state index contributed by atoms with van der Waals surface area (Å²) in [7, 11) is 0. The van der Waals surface area contributed by atoms with Gasteiger partial charge in [-0.3, -0.25) is 4.90 Å². The van der Waals surface area contributed by atoms with Gasteiger partial charge in [-0.15, -0.1) is 0 Å². The van der Waals surface area contributed by atoms with E-state index in [0.717, 1.165) is 23.9 Å². The van der Waals surface area contributed by atoms with Crippen molar-refractivity contribution in [1.29, 1.82) is 0 Å². The zero-order valence-corrected chi connectivity index (χ0v) is 18.5. The highest BCUT2D eigenvalue weighted by Crippen LogP contribution is 2.27. The number of allylic oxidation sites excluding steroid dienone is 1. The van der Waals surface area contributed by atoms with Crippen molar-refractivity contribution in [3.8, 4) is 0 Å². The van der Waals surface area contributed by atoms with Gasteiger partial charge in [-0.25, -0.2) is 4.98 Å². The second kappa shape index (κ2) is 10.7. The summed E-state index contributed by atoms with van der Waals surface area (Å²) in [4.78, 5) is 7.57. The second-order valence-corrected chi connectivity index (χ2v) is 9.08. The molecule has 0 bridgehead atoms. The summed E-state index contributed by atoms with van der Waals surface area (Å²) < 4.78 is 0. The fourth-order valence-electron chi connectivity index (χ4n) is 4.79. The Labute approximate surface area is 182 Å². The van der Waals surface area contributed by atoms with Crippen molar-refractivity contribution in [2.24, 2.45) is 5.92 Å². The molecule has 1 aromatic heterocycles. The van der Waals surface area contributed by atoms with Gasteiger partial charge in [0.1, 0.15) is 0 Å². The molecule has 2 aliphatic rings. The first kappa shape index (κ1) is 21.1. The quantitative estimate of drug-likeness (QED) is 0.502. The van der Waals surface area contributed by atoms with E-state index >= 15 is 0 Å². The summed E-state index contributed by atoms with van der Waals surface area (Å²) >= 11 is 0. The third kappa shape index (κ3) is 5.92. The van der Waals surface area contributed by atoms with Gasteiger partial charge in [0.15, 0.2) is 0 Å². The van der Waals surface area contributed by atoms with Gasteiger partial charge in [0.25, 0.3) is 0 Å². The van der Waals surface area contributed by atoms with E-state index in [1.807, 2.05) is 0 Å². The Bertz CT molecular complexity index is 850. The Hall–Kier alpha value is -2.19. The van der Waals surface area contributed by atoms with Crippen LogP contribution >= 0.6 is 0 Å². The van der Waals surface area contributed by atoms with E-state index in [0.29, 0.717) is 0 Å². The highest BCUT2D eigenvalue weighted by molar-refractivity contribution is 5.78. The average Bonchev–Trinajstić information content (AvgIpc) is 3.30. The largest absolute Gasteiger partial charge is 0.300 e. The number of aryl methyl sites for hydroxylation is 1. The molecule has 0 atom stereocenters. The molecule has 0 unspecified atom stereocenters. The second-order valence-electron chi connectivity index (χ2n) is 9.08. The van der Waals surface area contributed by atoms with Crippen LogP contribution in [0, 0.1) is 12.8 Å². The third-order valence-electron chi connectivity index (χ3n) is 6.64. The molecule has 2 heterocycles. The van der Waals surface area contributed by atoms with Gasteiger partial charge in [0, 0.05) is 12.1 Å². The summed E-state index contributed by atoms with van der Waals surface area (Å²) in [5.74, 6) is 0.877. The molecule has 0 amide bonds. The summed E-state index contributed by atoms with van der Waals surface area (Å²) in [6.07, 6.45) is 17.9. The molecule has 2 heteroatoms. The molecule has 1 saturated heterocycles. The average molecular weight is 401 g/mol. The van der Waals surface area contributed by atoms with Crippen molar-refractivity contribution in [3.05, 3.63) is 77.1 Å². The smallest absolute Gasteiger partial charge is 0.0712 e. The zero-order valence-electron chi connectivity index (χ0n) is 18.5. The Kier molecular flexibility index (Phi) is 7.53. The van der Waals surface area contributed by atoms with Crippen LogP contribution in [0.15, 0.2) is 54.6 Å². The molecule has 0 radical (unpaired) electrons. The van der Waals surface area contributed by atoms with E-state index in [1.54, 1.807) is 0 Å². The van der Waals surface area contributed by atoms with Crippen molar-refractivity contribution in [3.63, 3.8) is 0 Å². The number of rotatable bonds is 7. The fraction of sp³-hybridized carbons (Fsp3) is 0.464. The molecule has 1 aromatic carbocycles. The summed E-state index contributed by atoms with van der Waals surface area (Å²) in [5, 5.41) is 0. The molecule has 0 N–H and O–H groups in total. The summed E-state index contributed by atoms with van der Waals surface area (Å²) in [6.45, 7) is 5.59. The predicted molar refractivity (Wildman–Crippen MR) is 128 cm³/mol. The van der Waals surface area contributed by atoms with Gasteiger partial charge < -0.3 is 0 Å². The molecular weight excluding hydrogens is 364 g/mol. The standard InChI is InChI=1S/C28H36N2/c1-23-15-17-25(18-16-23)27(19-22-30-20-5-6-21-30)28-14-8-13-26(29-28)12-7-11-24-9-3-2-4-10-24/h7-8,12-19,24H,2-6,9-11,20-22H2,1H3/b12-7+,27-19+. The number of pyridine rings is 1. The van der Waals surface area contributed by atoms with E-state index in [2.05, 4.69) is 72.5 Å². The maximum Gasteiger partial charge on any atom is 0.0712 e. The van der Waals surface area contributed by atoms with Crippen LogP contribution in [0.25, 0.3) is 11.6 Å². The number of aromatic nitrogens is 1. The highest BCUT2D eigenvalue weighted by atomic mass is 15.1. The van der Waals surface area contributed by atoms with Crippen molar-refractivity contribution in [2.45, 2.75) is 58.3 Å². The number of benzene rings is 1. The molecular formula is C28H36N2. The molecule has 0 spiro atoms. The molecule has 158 valence electrons. The van der Waals surface area contributed by atoms with Gasteiger partial charge in [0.2, 0.25) is 0 Å². The number of nitrogens with zero attached hydrogens (tertiary/aromatic N) is 2. The van der Waals surface area contributed by atoms with Crippen molar-refractivity contribution < 1.29 is 0 Å². The Morgan fingerprint density at radius 1 is 0.967 bits per heavy atom. The van der Waals surface area contributed by atoms with E-state index in [1.165, 1.54) is 81.2 Å². The maximum atomic E-state index is 5.03. The summed E-state index contributed by atoms with van der Waals surface area (Å²) in [6, 6.07) is 15.3. The lowest BCUT2D eigenvalue weighted by atomic mass is 9.87. The van der Waals surface area contributed by atoms with Gasteiger partial charge >= 0.3 is 0 Å². The van der Waals surface area contributed by atoms with Crippen molar-refractivity contribution >= 4 is 11.6 Å². The minimum atomic E-state index is 0.877. The molecule has 4 rings (SSSR count). The molecule has 1 aliphatic heterocycles. The Morgan fingerprint density at radius 3 is 2.50 bits per heavy atom. The van der Waals surface area contributed by atoms with Crippen LogP contribution in [-0.4, -0.2) is 29.5 Å². The van der Waals surface area contributed by atoms with E-state index in [-0.39, 0.29) is 0 Å². The predicted octanol–water partition coefficient (Wildman–Crippen LogP) is 6.90. The van der Waals surface area contributed by atoms with Gasteiger partial charge in [-0.2, -0.15) is 0 Å². The van der Waals surface area contributed by atoms with Crippen LogP contribution in [-0.2, 0) is 0 Å². The van der Waals surface area contributed by atoms with Gasteiger partial charge in [0.05, 0.1) is 11.4 Å². The maximum absolute atomic E-state index is 5.03. The van der Waals surface area contributed by atoms with Crippen molar-refractivity contribution in [1.82, 2.24) is 9.88 Å². The first-order valence-corrected chi connectivity index (χ1v) is 11.9. The monoisotopic (exact) mass is 400 g/mol. The summed E-state index contributed by atoms with van der Waals surface area (Å²) in [5.41, 5.74) is 5.96. The lowest BCUT2D eigenvalue weighted by Gasteiger charge is -2.19. The topological polar surface area (TPSA) is 16.1 Å². The van der Waals surface area contributed by atoms with Crippen LogP contribution in [0.1, 0.15) is 73.9 Å². The zero-order chi connectivity index (χ0) is 20.6. The van der Waals surface area contributed by atoms with E-state index < -0.39 is 0 Å². The number of likely N-dealkylation sites (tertiary alicyclic amines) is 1. The van der Waals surface area contributed by atoms with Crippen LogP contribution in [0.4, 0.5) is 0 Å². The van der Waals surface area contributed by atoms with E-state index in [4.69, 9.17) is 4.98 Å². The minimum absolute atomic E-state index is 0.877. The van der Waals surface area contributed by atoms with Gasteiger partial charge in [-0.1, -0.05) is 80.2 Å². The molecule has 2 fully saturated rings. The highest BCUT2D eigenvalue weighted by Gasteiger charge is 2.13.